The van der Waals surface area contributed by atoms with Crippen molar-refractivity contribution in [1.29, 1.82) is 0 Å². The monoisotopic (exact) mass is 259 g/mol. The number of hydrogen-bond acceptors (Lipinski definition) is 3. The Kier molecular flexibility index (Phi) is 3.33. The van der Waals surface area contributed by atoms with Crippen LogP contribution < -0.4 is 16.3 Å². The number of aryl methyl sites for hydroxylation is 2. The summed E-state index contributed by atoms with van der Waals surface area (Å²) in [6.45, 7) is 1.73. The summed E-state index contributed by atoms with van der Waals surface area (Å²) in [6.07, 6.45) is 2.86. The third-order valence-electron chi connectivity index (χ3n) is 2.65. The third kappa shape index (κ3) is 2.79. The quantitative estimate of drug-likeness (QED) is 0.829. The zero-order valence-electron chi connectivity index (χ0n) is 10.6. The number of pyridine rings is 2. The summed E-state index contributed by atoms with van der Waals surface area (Å²) in [6, 6.07) is 4.19. The topological polar surface area (TPSA) is 84.0 Å². The van der Waals surface area contributed by atoms with E-state index >= 15 is 0 Å². The van der Waals surface area contributed by atoms with Crippen LogP contribution >= 0.6 is 0 Å². The van der Waals surface area contributed by atoms with E-state index in [9.17, 15) is 14.4 Å². The van der Waals surface area contributed by atoms with Gasteiger partial charge >= 0.3 is 0 Å². The Hall–Kier alpha value is -2.63. The van der Waals surface area contributed by atoms with Crippen molar-refractivity contribution < 1.29 is 4.79 Å². The standard InChI is InChI=1S/C13H13N3O3/c1-8-5-11(17)10(6-14-8)13(19)15-9-3-4-12(18)16(2)7-9/h3-7H,1-2H3,(H,14,17)(H,15,19). The van der Waals surface area contributed by atoms with E-state index < -0.39 is 5.91 Å². The van der Waals surface area contributed by atoms with Crippen LogP contribution in [-0.2, 0) is 7.05 Å². The van der Waals surface area contributed by atoms with Gasteiger partial charge in [0.1, 0.15) is 5.56 Å². The molecule has 1 amide bonds. The number of anilines is 1. The fraction of sp³-hybridized carbons (Fsp3) is 0.154. The lowest BCUT2D eigenvalue weighted by Crippen LogP contribution is -2.23. The van der Waals surface area contributed by atoms with Crippen LogP contribution in [0.2, 0.25) is 0 Å². The smallest absolute Gasteiger partial charge is 0.261 e. The highest BCUT2D eigenvalue weighted by Crippen LogP contribution is 2.04. The number of rotatable bonds is 2. The van der Waals surface area contributed by atoms with Crippen LogP contribution in [0, 0.1) is 6.92 Å². The lowest BCUT2D eigenvalue weighted by molar-refractivity contribution is 0.102. The van der Waals surface area contributed by atoms with Crippen molar-refractivity contribution in [2.45, 2.75) is 6.92 Å². The molecule has 0 atom stereocenters. The van der Waals surface area contributed by atoms with Gasteiger partial charge in [0.05, 0.1) is 5.69 Å². The first kappa shape index (κ1) is 12.8. The molecule has 2 N–H and O–H groups in total. The number of aromatic nitrogens is 2. The van der Waals surface area contributed by atoms with Crippen molar-refractivity contribution in [3.63, 3.8) is 0 Å². The van der Waals surface area contributed by atoms with Crippen LogP contribution in [0.5, 0.6) is 0 Å². The lowest BCUT2D eigenvalue weighted by atomic mass is 10.2. The fourth-order valence-corrected chi connectivity index (χ4v) is 1.62. The van der Waals surface area contributed by atoms with Gasteiger partial charge in [0.2, 0.25) is 5.56 Å². The van der Waals surface area contributed by atoms with Crippen molar-refractivity contribution in [1.82, 2.24) is 9.55 Å². The van der Waals surface area contributed by atoms with Gasteiger partial charge in [-0.25, -0.2) is 0 Å². The van der Waals surface area contributed by atoms with Crippen LogP contribution in [0.3, 0.4) is 0 Å². The maximum atomic E-state index is 11.9. The molecule has 6 nitrogen and oxygen atoms in total. The molecule has 0 aliphatic rings. The Bertz CT molecular complexity index is 743. The number of carbonyl (C=O) groups excluding carboxylic acids is 1. The number of hydrogen-bond donors (Lipinski definition) is 2. The summed E-state index contributed by atoms with van der Waals surface area (Å²) >= 11 is 0. The van der Waals surface area contributed by atoms with Gasteiger partial charge in [-0.3, -0.25) is 14.4 Å². The SMILES string of the molecule is Cc1cc(=O)c(C(=O)Nc2ccc(=O)n(C)c2)c[nH]1. The Morgan fingerprint density at radius 3 is 2.68 bits per heavy atom. The zero-order valence-corrected chi connectivity index (χ0v) is 10.6. The predicted molar refractivity (Wildman–Crippen MR) is 71.4 cm³/mol. The van der Waals surface area contributed by atoms with Crippen LogP contribution in [-0.4, -0.2) is 15.5 Å². The Balaban J connectivity index is 2.28. The molecule has 0 bridgehead atoms. The number of nitrogens with zero attached hydrogens (tertiary/aromatic N) is 1. The average molecular weight is 259 g/mol. The van der Waals surface area contributed by atoms with Crippen molar-refractivity contribution in [3.05, 3.63) is 62.4 Å². The van der Waals surface area contributed by atoms with Crippen molar-refractivity contribution in [2.24, 2.45) is 7.05 Å². The molecule has 2 heterocycles. The summed E-state index contributed by atoms with van der Waals surface area (Å²) in [5.41, 5.74) is 0.639. The molecule has 0 saturated heterocycles. The number of aromatic amines is 1. The summed E-state index contributed by atoms with van der Waals surface area (Å²) < 4.78 is 1.34. The van der Waals surface area contributed by atoms with Gasteiger partial charge in [-0.15, -0.1) is 0 Å². The summed E-state index contributed by atoms with van der Waals surface area (Å²) in [4.78, 5) is 37.6. The van der Waals surface area contributed by atoms with E-state index in [0.717, 1.165) is 0 Å². The van der Waals surface area contributed by atoms with E-state index in [2.05, 4.69) is 10.3 Å². The lowest BCUT2D eigenvalue weighted by Gasteiger charge is -2.06. The first-order chi connectivity index (χ1) is 8.97. The number of amides is 1. The summed E-state index contributed by atoms with van der Waals surface area (Å²) in [5.74, 6) is -0.514. The Labute approximate surface area is 108 Å². The minimum Gasteiger partial charge on any atom is -0.364 e. The van der Waals surface area contributed by atoms with E-state index in [0.29, 0.717) is 11.4 Å². The van der Waals surface area contributed by atoms with Crippen molar-refractivity contribution in [2.75, 3.05) is 5.32 Å². The van der Waals surface area contributed by atoms with E-state index in [1.165, 1.54) is 35.2 Å². The molecule has 98 valence electrons. The first-order valence-electron chi connectivity index (χ1n) is 5.65. The predicted octanol–water partition coefficient (Wildman–Crippen LogP) is 0.634. The van der Waals surface area contributed by atoms with Gasteiger partial charge in [0, 0.05) is 37.3 Å². The van der Waals surface area contributed by atoms with Gasteiger partial charge in [-0.2, -0.15) is 0 Å². The first-order valence-corrected chi connectivity index (χ1v) is 5.65. The van der Waals surface area contributed by atoms with E-state index in [4.69, 9.17) is 0 Å². The largest absolute Gasteiger partial charge is 0.364 e. The summed E-state index contributed by atoms with van der Waals surface area (Å²) in [5, 5.41) is 2.57. The number of H-pyrrole nitrogens is 1. The van der Waals surface area contributed by atoms with Gasteiger partial charge in [-0.05, 0) is 13.0 Å². The maximum absolute atomic E-state index is 11.9. The second-order valence-corrected chi connectivity index (χ2v) is 4.21. The van der Waals surface area contributed by atoms with Crippen molar-refractivity contribution in [3.8, 4) is 0 Å². The molecular formula is C13H13N3O3. The molecule has 2 aromatic heterocycles. The molecule has 2 aromatic rings. The molecule has 0 aromatic carbocycles. The molecule has 0 aliphatic carbocycles. The van der Waals surface area contributed by atoms with Gasteiger partial charge < -0.3 is 14.9 Å². The highest BCUT2D eigenvalue weighted by molar-refractivity contribution is 6.03. The van der Waals surface area contributed by atoms with Crippen LogP contribution in [0.1, 0.15) is 16.1 Å². The van der Waals surface area contributed by atoms with Crippen molar-refractivity contribution >= 4 is 11.6 Å². The van der Waals surface area contributed by atoms with Gasteiger partial charge in [-0.1, -0.05) is 0 Å². The highest BCUT2D eigenvalue weighted by atomic mass is 16.2. The normalized spacial score (nSPS) is 10.2. The van der Waals surface area contributed by atoms with Crippen LogP contribution in [0.4, 0.5) is 5.69 Å². The highest BCUT2D eigenvalue weighted by Gasteiger charge is 2.10. The Morgan fingerprint density at radius 1 is 1.32 bits per heavy atom. The minimum atomic E-state index is -0.514. The number of nitrogens with one attached hydrogen (secondary N) is 2. The van der Waals surface area contributed by atoms with Crippen LogP contribution in [0.25, 0.3) is 0 Å². The maximum Gasteiger partial charge on any atom is 0.261 e. The molecule has 0 saturated carbocycles. The average Bonchev–Trinajstić information content (AvgIpc) is 2.33. The van der Waals surface area contributed by atoms with Gasteiger partial charge in [0.15, 0.2) is 5.43 Å². The third-order valence-corrected chi connectivity index (χ3v) is 2.65. The molecule has 6 heteroatoms. The van der Waals surface area contributed by atoms with E-state index in [1.807, 2.05) is 0 Å². The molecule has 0 aliphatic heterocycles. The second kappa shape index (κ2) is 4.93. The minimum absolute atomic E-state index is 0.0273. The fourth-order valence-electron chi connectivity index (χ4n) is 1.62. The van der Waals surface area contributed by atoms with Crippen LogP contribution in [0.15, 0.2) is 40.2 Å². The molecule has 2 rings (SSSR count). The van der Waals surface area contributed by atoms with Gasteiger partial charge in [0.25, 0.3) is 5.91 Å². The molecule has 0 spiro atoms. The second-order valence-electron chi connectivity index (χ2n) is 4.21. The summed E-state index contributed by atoms with van der Waals surface area (Å²) in [7, 11) is 1.58. The molecular weight excluding hydrogens is 246 g/mol. The molecule has 0 unspecified atom stereocenters. The van der Waals surface area contributed by atoms with E-state index in [1.54, 1.807) is 14.0 Å². The zero-order chi connectivity index (χ0) is 14.0. The number of carbonyl (C=O) groups is 1. The Morgan fingerprint density at radius 2 is 2.05 bits per heavy atom. The molecule has 0 fully saturated rings. The molecule has 19 heavy (non-hydrogen) atoms. The van der Waals surface area contributed by atoms with E-state index in [-0.39, 0.29) is 16.6 Å². The molecule has 0 radical (unpaired) electrons.